The van der Waals surface area contributed by atoms with E-state index in [-0.39, 0.29) is 18.1 Å². The molecule has 2 aliphatic heterocycles. The summed E-state index contributed by atoms with van der Waals surface area (Å²) in [6, 6.07) is 9.66. The number of hydroxylamine groups is 2. The molecule has 23 heavy (non-hydrogen) atoms. The van der Waals surface area contributed by atoms with Gasteiger partial charge in [-0.25, -0.2) is 4.79 Å². The first-order valence-corrected chi connectivity index (χ1v) is 7.79. The Balaban J connectivity index is 1.47. The summed E-state index contributed by atoms with van der Waals surface area (Å²) >= 11 is 0. The van der Waals surface area contributed by atoms with E-state index in [1.165, 1.54) is 5.06 Å². The molecule has 2 aliphatic rings. The third-order valence-corrected chi connectivity index (χ3v) is 4.36. The Morgan fingerprint density at radius 2 is 2.13 bits per heavy atom. The van der Waals surface area contributed by atoms with Crippen molar-refractivity contribution in [2.75, 3.05) is 6.54 Å². The van der Waals surface area contributed by atoms with Crippen molar-refractivity contribution in [2.24, 2.45) is 0 Å². The van der Waals surface area contributed by atoms with Crippen LogP contribution in [0.15, 0.2) is 34.9 Å². The lowest BCUT2D eigenvalue weighted by Gasteiger charge is -2.27. The lowest BCUT2D eigenvalue weighted by atomic mass is 10.0. The Labute approximate surface area is 133 Å². The normalized spacial score (nSPS) is 23.6. The molecule has 2 bridgehead atoms. The summed E-state index contributed by atoms with van der Waals surface area (Å²) in [4.78, 5) is 24.5. The molecule has 0 saturated carbocycles. The van der Waals surface area contributed by atoms with E-state index in [2.05, 4.69) is 10.1 Å². The molecule has 0 spiro atoms. The third kappa shape index (κ3) is 2.57. The summed E-state index contributed by atoms with van der Waals surface area (Å²) < 4.78 is 5.25. The topological polar surface area (TPSA) is 71.7 Å². The Morgan fingerprint density at radius 1 is 1.30 bits per heavy atom. The quantitative estimate of drug-likeness (QED) is 0.867. The summed E-state index contributed by atoms with van der Waals surface area (Å²) in [6.45, 7) is 2.81. The van der Waals surface area contributed by atoms with E-state index in [0.717, 1.165) is 18.4 Å². The Hall–Kier alpha value is -2.41. The molecular formula is C16H18N4O3. The van der Waals surface area contributed by atoms with Gasteiger partial charge in [-0.1, -0.05) is 35.5 Å². The van der Waals surface area contributed by atoms with Crippen LogP contribution in [0.5, 0.6) is 0 Å². The first-order chi connectivity index (χ1) is 11.2. The summed E-state index contributed by atoms with van der Waals surface area (Å²) in [5, 5.41) is 5.34. The fraction of sp³-hybridized carbons (Fsp3) is 0.438. The Morgan fingerprint density at radius 3 is 2.87 bits per heavy atom. The summed E-state index contributed by atoms with van der Waals surface area (Å²) in [5.41, 5.74) is 1.04. The second-order valence-corrected chi connectivity index (χ2v) is 5.95. The SMILES string of the molecule is Cc1noc([C@@H]2CC[C@@H]3CN2C(=O)N3OCc2ccccc2)n1. The number of rotatable bonds is 4. The van der Waals surface area contributed by atoms with Crippen LogP contribution in [0.25, 0.3) is 0 Å². The van der Waals surface area contributed by atoms with Crippen molar-refractivity contribution < 1.29 is 14.2 Å². The summed E-state index contributed by atoms with van der Waals surface area (Å²) in [7, 11) is 0. The van der Waals surface area contributed by atoms with Crippen LogP contribution >= 0.6 is 0 Å². The molecule has 0 unspecified atom stereocenters. The van der Waals surface area contributed by atoms with E-state index < -0.39 is 0 Å². The number of urea groups is 1. The van der Waals surface area contributed by atoms with Gasteiger partial charge >= 0.3 is 6.03 Å². The van der Waals surface area contributed by atoms with Crippen molar-refractivity contribution in [1.29, 1.82) is 0 Å². The fourth-order valence-corrected chi connectivity index (χ4v) is 3.22. The minimum Gasteiger partial charge on any atom is -0.337 e. The zero-order valence-electron chi connectivity index (χ0n) is 12.9. The van der Waals surface area contributed by atoms with Gasteiger partial charge < -0.3 is 9.42 Å². The third-order valence-electron chi connectivity index (χ3n) is 4.36. The summed E-state index contributed by atoms with van der Waals surface area (Å²) in [5.74, 6) is 1.10. The van der Waals surface area contributed by atoms with Crippen molar-refractivity contribution in [3.05, 3.63) is 47.6 Å². The molecule has 2 fully saturated rings. The predicted octanol–water partition coefficient (Wildman–Crippen LogP) is 2.45. The standard InChI is InChI=1S/C16H18N4O3/c1-11-17-15(23-18-11)14-8-7-13-9-19(14)16(21)20(13)22-10-12-5-3-2-4-6-12/h2-6,13-14H,7-10H2,1H3/t13-,14+/m1/s1. The molecule has 4 rings (SSSR count). The van der Waals surface area contributed by atoms with Gasteiger partial charge in [0.1, 0.15) is 12.6 Å². The van der Waals surface area contributed by atoms with Crippen LogP contribution in [-0.2, 0) is 11.4 Å². The molecule has 1 aromatic heterocycles. The zero-order chi connectivity index (χ0) is 15.8. The highest BCUT2D eigenvalue weighted by Crippen LogP contribution is 2.37. The smallest absolute Gasteiger partial charge is 0.337 e. The number of amides is 2. The maximum absolute atomic E-state index is 12.6. The second-order valence-electron chi connectivity index (χ2n) is 5.95. The van der Waals surface area contributed by atoms with Gasteiger partial charge in [0, 0.05) is 6.54 Å². The maximum Gasteiger partial charge on any atom is 0.345 e. The average Bonchev–Trinajstić information content (AvgIpc) is 3.11. The summed E-state index contributed by atoms with van der Waals surface area (Å²) in [6.07, 6.45) is 1.67. The number of hydrogen-bond donors (Lipinski definition) is 0. The van der Waals surface area contributed by atoms with Gasteiger partial charge in [-0.05, 0) is 25.3 Å². The van der Waals surface area contributed by atoms with Crippen LogP contribution in [0.2, 0.25) is 0 Å². The highest BCUT2D eigenvalue weighted by molar-refractivity contribution is 5.77. The van der Waals surface area contributed by atoms with Gasteiger partial charge in [-0.3, -0.25) is 4.84 Å². The van der Waals surface area contributed by atoms with Gasteiger partial charge in [0.15, 0.2) is 5.82 Å². The highest BCUT2D eigenvalue weighted by Gasteiger charge is 2.47. The predicted molar refractivity (Wildman–Crippen MR) is 80.0 cm³/mol. The number of nitrogens with zero attached hydrogens (tertiary/aromatic N) is 4. The number of carbonyl (C=O) groups excluding carboxylic acids is 1. The lowest BCUT2D eigenvalue weighted by molar-refractivity contribution is -0.140. The van der Waals surface area contributed by atoms with Crippen molar-refractivity contribution in [1.82, 2.24) is 20.1 Å². The Kier molecular flexibility index (Phi) is 3.49. The molecule has 1 aromatic carbocycles. The van der Waals surface area contributed by atoms with Gasteiger partial charge in [0.2, 0.25) is 5.89 Å². The minimum absolute atomic E-state index is 0.0893. The fourth-order valence-electron chi connectivity index (χ4n) is 3.22. The lowest BCUT2D eigenvalue weighted by Crippen LogP contribution is -2.34. The van der Waals surface area contributed by atoms with Crippen molar-refractivity contribution in [3.63, 3.8) is 0 Å². The van der Waals surface area contributed by atoms with E-state index in [1.54, 1.807) is 11.8 Å². The van der Waals surface area contributed by atoms with Crippen LogP contribution < -0.4 is 0 Å². The first-order valence-electron chi connectivity index (χ1n) is 7.79. The number of carbonyl (C=O) groups is 1. The first kappa shape index (κ1) is 14.2. The zero-order valence-corrected chi connectivity index (χ0v) is 12.9. The van der Waals surface area contributed by atoms with E-state index in [1.807, 2.05) is 30.3 Å². The molecule has 2 atom stereocenters. The highest BCUT2D eigenvalue weighted by atomic mass is 16.7. The number of benzene rings is 1. The van der Waals surface area contributed by atoms with Crippen LogP contribution in [0.3, 0.4) is 0 Å². The largest absolute Gasteiger partial charge is 0.345 e. The van der Waals surface area contributed by atoms with Crippen LogP contribution in [-0.4, -0.2) is 38.7 Å². The van der Waals surface area contributed by atoms with Gasteiger partial charge in [0.05, 0.1) is 6.04 Å². The number of aryl methyl sites for hydroxylation is 1. The molecule has 2 amide bonds. The molecule has 0 N–H and O–H groups in total. The van der Waals surface area contributed by atoms with E-state index in [0.29, 0.717) is 24.9 Å². The molecule has 2 saturated heterocycles. The van der Waals surface area contributed by atoms with E-state index in [4.69, 9.17) is 9.36 Å². The van der Waals surface area contributed by atoms with Crippen LogP contribution in [0.1, 0.15) is 36.2 Å². The number of hydrogen-bond acceptors (Lipinski definition) is 5. The maximum atomic E-state index is 12.6. The Bertz CT molecular complexity index is 702. The van der Waals surface area contributed by atoms with Gasteiger partial charge in [-0.2, -0.15) is 10.0 Å². The molecule has 7 nitrogen and oxygen atoms in total. The van der Waals surface area contributed by atoms with Crippen LogP contribution in [0.4, 0.5) is 4.79 Å². The number of fused-ring (bicyclic) bond motifs is 2. The molecule has 3 heterocycles. The van der Waals surface area contributed by atoms with Crippen molar-refractivity contribution >= 4 is 6.03 Å². The number of aromatic nitrogens is 2. The van der Waals surface area contributed by atoms with Gasteiger partial charge in [0.25, 0.3) is 0 Å². The monoisotopic (exact) mass is 314 g/mol. The molecule has 2 aromatic rings. The molecular weight excluding hydrogens is 296 g/mol. The van der Waals surface area contributed by atoms with E-state index in [9.17, 15) is 4.79 Å². The van der Waals surface area contributed by atoms with Crippen LogP contribution in [0, 0.1) is 6.92 Å². The number of piperidine rings is 1. The second kappa shape index (κ2) is 5.66. The molecule has 120 valence electrons. The molecule has 0 radical (unpaired) electrons. The average molecular weight is 314 g/mol. The molecule has 7 heteroatoms. The van der Waals surface area contributed by atoms with Gasteiger partial charge in [-0.15, -0.1) is 0 Å². The minimum atomic E-state index is -0.148. The van der Waals surface area contributed by atoms with Crippen molar-refractivity contribution in [2.45, 2.75) is 38.5 Å². The van der Waals surface area contributed by atoms with Crippen molar-refractivity contribution in [3.8, 4) is 0 Å². The molecule has 0 aliphatic carbocycles. The van der Waals surface area contributed by atoms with E-state index >= 15 is 0 Å².